The fourth-order valence-electron chi connectivity index (χ4n) is 4.61. The number of fused-ring (bicyclic) bond motifs is 1. The molecule has 0 radical (unpaired) electrons. The molecule has 1 fully saturated rings. The molecular formula is C26H26N4O2. The van der Waals surface area contributed by atoms with Gasteiger partial charge in [-0.2, -0.15) is 0 Å². The molecule has 0 spiro atoms. The second-order valence-electron chi connectivity index (χ2n) is 8.28. The number of nitrogens with one attached hydrogen (secondary N) is 2. The molecule has 4 aromatic rings. The molecule has 0 bridgehead atoms. The number of benzene rings is 2. The van der Waals surface area contributed by atoms with E-state index in [9.17, 15) is 9.59 Å². The fourth-order valence-corrected chi connectivity index (χ4v) is 4.61. The van der Waals surface area contributed by atoms with E-state index in [1.165, 1.54) is 19.3 Å². The number of aromatic nitrogens is 2. The van der Waals surface area contributed by atoms with Crippen molar-refractivity contribution < 1.29 is 9.59 Å². The maximum atomic E-state index is 12.5. The first kappa shape index (κ1) is 20.3. The number of piperidine rings is 1. The Morgan fingerprint density at radius 2 is 1.75 bits per heavy atom. The first-order valence-corrected chi connectivity index (χ1v) is 11.1. The molecule has 32 heavy (non-hydrogen) atoms. The first-order chi connectivity index (χ1) is 15.7. The summed E-state index contributed by atoms with van der Waals surface area (Å²) in [4.78, 5) is 29.4. The van der Waals surface area contributed by atoms with Crippen LogP contribution in [0.2, 0.25) is 0 Å². The highest BCUT2D eigenvalue weighted by atomic mass is 16.2. The van der Waals surface area contributed by atoms with Crippen molar-refractivity contribution in [2.45, 2.75) is 25.9 Å². The minimum absolute atomic E-state index is 0.305. The Morgan fingerprint density at radius 3 is 2.53 bits per heavy atom. The van der Waals surface area contributed by atoms with Gasteiger partial charge in [-0.15, -0.1) is 0 Å². The molecule has 1 saturated heterocycles. The van der Waals surface area contributed by atoms with Crippen LogP contribution in [0.4, 0.5) is 11.4 Å². The van der Waals surface area contributed by atoms with Crippen LogP contribution >= 0.6 is 0 Å². The molecule has 1 aliphatic heterocycles. The maximum Gasteiger partial charge on any atom is 0.242 e. The average molecular weight is 427 g/mol. The van der Waals surface area contributed by atoms with Crippen molar-refractivity contribution in [3.05, 3.63) is 72.7 Å². The van der Waals surface area contributed by atoms with Crippen LogP contribution in [0.25, 0.3) is 22.0 Å². The number of rotatable bonds is 7. The maximum absolute atomic E-state index is 12.5. The van der Waals surface area contributed by atoms with E-state index in [1.807, 2.05) is 42.5 Å². The van der Waals surface area contributed by atoms with E-state index in [1.54, 1.807) is 6.20 Å². The molecule has 2 aromatic carbocycles. The number of carbonyl (C=O) groups excluding carboxylic acids is 2. The Kier molecular flexibility index (Phi) is 5.60. The van der Waals surface area contributed by atoms with Crippen molar-refractivity contribution in [2.75, 3.05) is 18.4 Å². The van der Waals surface area contributed by atoms with Gasteiger partial charge in [0.2, 0.25) is 5.78 Å². The molecule has 0 aliphatic carbocycles. The summed E-state index contributed by atoms with van der Waals surface area (Å²) >= 11 is 0. The number of anilines is 2. The molecule has 5 rings (SSSR count). The van der Waals surface area contributed by atoms with Crippen LogP contribution in [-0.4, -0.2) is 39.6 Å². The molecule has 162 valence electrons. The SMILES string of the molecule is O=CC(=O)c1[nH]cc(Nc2ccccc2)c1-c1cn(CN2CCCCC2)c2ccccc12. The van der Waals surface area contributed by atoms with E-state index in [0.29, 0.717) is 12.0 Å². The number of hydrogen-bond acceptors (Lipinski definition) is 4. The highest BCUT2D eigenvalue weighted by Crippen LogP contribution is 2.39. The van der Waals surface area contributed by atoms with Crippen molar-refractivity contribution in [1.82, 2.24) is 14.5 Å². The Balaban J connectivity index is 1.63. The highest BCUT2D eigenvalue weighted by molar-refractivity contribution is 6.35. The minimum Gasteiger partial charge on any atom is -0.356 e. The van der Waals surface area contributed by atoms with Crippen molar-refractivity contribution in [3.63, 3.8) is 0 Å². The number of Topliss-reactive ketones (excluding diaryl/α,β-unsaturated/α-hetero) is 1. The third-order valence-electron chi connectivity index (χ3n) is 6.15. The zero-order chi connectivity index (χ0) is 21.9. The molecule has 2 aromatic heterocycles. The number of H-pyrrole nitrogens is 1. The van der Waals surface area contributed by atoms with Gasteiger partial charge in [-0.05, 0) is 44.1 Å². The van der Waals surface area contributed by atoms with Gasteiger partial charge in [-0.25, -0.2) is 0 Å². The van der Waals surface area contributed by atoms with E-state index >= 15 is 0 Å². The topological polar surface area (TPSA) is 70.1 Å². The molecule has 0 atom stereocenters. The van der Waals surface area contributed by atoms with Crippen LogP contribution in [0.1, 0.15) is 29.8 Å². The van der Waals surface area contributed by atoms with Crippen LogP contribution in [0.5, 0.6) is 0 Å². The molecule has 0 unspecified atom stereocenters. The average Bonchev–Trinajstić information content (AvgIpc) is 3.41. The lowest BCUT2D eigenvalue weighted by molar-refractivity contribution is -0.104. The molecule has 0 saturated carbocycles. The van der Waals surface area contributed by atoms with Gasteiger partial charge in [0.1, 0.15) is 0 Å². The number of hydrogen-bond donors (Lipinski definition) is 2. The third kappa shape index (κ3) is 3.85. The summed E-state index contributed by atoms with van der Waals surface area (Å²) < 4.78 is 2.25. The monoisotopic (exact) mass is 426 g/mol. The van der Waals surface area contributed by atoms with Crippen LogP contribution in [0.3, 0.4) is 0 Å². The number of aromatic amines is 1. The van der Waals surface area contributed by atoms with Crippen molar-refractivity contribution in [2.24, 2.45) is 0 Å². The predicted octanol–water partition coefficient (Wildman–Crippen LogP) is 5.21. The molecule has 0 amide bonds. The van der Waals surface area contributed by atoms with Gasteiger partial charge in [0.15, 0.2) is 6.29 Å². The van der Waals surface area contributed by atoms with Gasteiger partial charge in [0.05, 0.1) is 18.1 Å². The number of ketones is 1. The largest absolute Gasteiger partial charge is 0.356 e. The Labute approximate surface area is 186 Å². The molecule has 1 aliphatic rings. The van der Waals surface area contributed by atoms with E-state index in [2.05, 4.69) is 38.1 Å². The van der Waals surface area contributed by atoms with Gasteiger partial charge in [0, 0.05) is 40.1 Å². The molecule has 6 heteroatoms. The Hall–Kier alpha value is -3.64. The summed E-state index contributed by atoms with van der Waals surface area (Å²) in [6, 6.07) is 18.0. The second kappa shape index (κ2) is 8.85. The summed E-state index contributed by atoms with van der Waals surface area (Å²) in [5, 5.41) is 4.46. The molecular weight excluding hydrogens is 400 g/mol. The molecule has 2 N–H and O–H groups in total. The Bertz CT molecular complexity index is 1250. The number of likely N-dealkylation sites (tertiary alicyclic amines) is 1. The lowest BCUT2D eigenvalue weighted by Gasteiger charge is -2.27. The predicted molar refractivity (Wildman–Crippen MR) is 127 cm³/mol. The summed E-state index contributed by atoms with van der Waals surface area (Å²) in [5.41, 5.74) is 4.75. The summed E-state index contributed by atoms with van der Waals surface area (Å²) in [5.74, 6) is -0.561. The summed E-state index contributed by atoms with van der Waals surface area (Å²) in [6.07, 6.45) is 7.99. The Morgan fingerprint density at radius 1 is 1.00 bits per heavy atom. The van der Waals surface area contributed by atoms with Gasteiger partial charge in [0.25, 0.3) is 0 Å². The quantitative estimate of drug-likeness (QED) is 0.242. The van der Waals surface area contributed by atoms with E-state index in [4.69, 9.17) is 0 Å². The van der Waals surface area contributed by atoms with E-state index < -0.39 is 5.78 Å². The third-order valence-corrected chi connectivity index (χ3v) is 6.15. The smallest absolute Gasteiger partial charge is 0.242 e. The number of para-hydroxylation sites is 2. The highest BCUT2D eigenvalue weighted by Gasteiger charge is 2.23. The lowest BCUT2D eigenvalue weighted by atomic mass is 10.0. The minimum atomic E-state index is -0.561. The number of carbonyl (C=O) groups is 2. The second-order valence-corrected chi connectivity index (χ2v) is 8.28. The van der Waals surface area contributed by atoms with Crippen molar-refractivity contribution in [1.29, 1.82) is 0 Å². The normalized spacial score (nSPS) is 14.5. The van der Waals surface area contributed by atoms with Crippen LogP contribution in [0, 0.1) is 0 Å². The van der Waals surface area contributed by atoms with E-state index in [0.717, 1.165) is 53.2 Å². The zero-order valence-electron chi connectivity index (χ0n) is 17.9. The van der Waals surface area contributed by atoms with Gasteiger partial charge < -0.3 is 14.9 Å². The standard InChI is InChI=1S/C26H26N4O2/c31-17-24(32)26-25(22(15-27-26)28-19-9-3-1-4-10-19)21-16-30(18-29-13-7-2-8-14-29)23-12-6-5-11-20(21)23/h1,3-6,9-12,15-17,27-28H,2,7-8,13-14,18H2. The van der Waals surface area contributed by atoms with Gasteiger partial charge in [-0.3, -0.25) is 14.5 Å². The summed E-state index contributed by atoms with van der Waals surface area (Å²) in [7, 11) is 0. The lowest BCUT2D eigenvalue weighted by Crippen LogP contribution is -2.31. The molecule has 6 nitrogen and oxygen atoms in total. The van der Waals surface area contributed by atoms with Gasteiger partial charge in [-0.1, -0.05) is 42.8 Å². The van der Waals surface area contributed by atoms with Gasteiger partial charge >= 0.3 is 0 Å². The van der Waals surface area contributed by atoms with Crippen LogP contribution in [-0.2, 0) is 11.5 Å². The van der Waals surface area contributed by atoms with Crippen LogP contribution in [0.15, 0.2) is 67.0 Å². The van der Waals surface area contributed by atoms with Crippen molar-refractivity contribution in [3.8, 4) is 11.1 Å². The van der Waals surface area contributed by atoms with E-state index in [-0.39, 0.29) is 0 Å². The fraction of sp³-hybridized carbons (Fsp3) is 0.231. The number of aldehydes is 1. The summed E-state index contributed by atoms with van der Waals surface area (Å²) in [6.45, 7) is 3.01. The zero-order valence-corrected chi connectivity index (χ0v) is 17.9. The molecule has 3 heterocycles. The van der Waals surface area contributed by atoms with Crippen LogP contribution < -0.4 is 5.32 Å². The first-order valence-electron chi connectivity index (χ1n) is 11.1. The van der Waals surface area contributed by atoms with Crippen molar-refractivity contribution >= 4 is 34.3 Å². The number of nitrogens with zero attached hydrogens (tertiary/aromatic N) is 2.